The molecule has 0 spiro atoms. The number of carbonyl (C=O) groups is 2. The van der Waals surface area contributed by atoms with Crippen LogP contribution in [0.2, 0.25) is 0 Å². The van der Waals surface area contributed by atoms with Gasteiger partial charge in [-0.1, -0.05) is 45.4 Å². The zero-order chi connectivity index (χ0) is 23.1. The molecule has 2 rings (SSSR count). The number of esters is 1. The number of allylic oxidation sites excluding steroid dienone is 2. The second-order valence-corrected chi connectivity index (χ2v) is 9.26. The van der Waals surface area contributed by atoms with Crippen molar-refractivity contribution < 1.29 is 34.8 Å². The normalized spacial score (nSPS) is 30.6. The van der Waals surface area contributed by atoms with E-state index in [1.54, 1.807) is 0 Å². The van der Waals surface area contributed by atoms with Gasteiger partial charge in [-0.25, -0.2) is 0 Å². The second-order valence-electron chi connectivity index (χ2n) is 9.26. The number of carboxylic acid groups (broad SMARTS) is 1. The first kappa shape index (κ1) is 25.6. The van der Waals surface area contributed by atoms with E-state index in [9.17, 15) is 24.9 Å². The Hall–Kier alpha value is -1.70. The third kappa shape index (κ3) is 7.44. The molecule has 4 N–H and O–H groups in total. The molecule has 7 nitrogen and oxygen atoms in total. The molecule has 0 aromatic heterocycles. The van der Waals surface area contributed by atoms with Crippen molar-refractivity contribution in [2.45, 2.75) is 90.1 Å². The highest BCUT2D eigenvalue weighted by Crippen LogP contribution is 2.44. The molecule has 0 amide bonds. The lowest BCUT2D eigenvalue weighted by molar-refractivity contribution is -0.159. The Morgan fingerprint density at radius 1 is 1.23 bits per heavy atom. The molecule has 0 radical (unpaired) electrons. The molecule has 8 atom stereocenters. The maximum atomic E-state index is 12.6. The Bertz CT molecular complexity index is 671. The van der Waals surface area contributed by atoms with Crippen LogP contribution in [0.4, 0.5) is 0 Å². The largest absolute Gasteiger partial charge is 0.481 e. The average Bonchev–Trinajstić information content (AvgIpc) is 2.66. The van der Waals surface area contributed by atoms with Crippen molar-refractivity contribution in [2.24, 2.45) is 23.7 Å². The minimum Gasteiger partial charge on any atom is -0.481 e. The zero-order valence-corrected chi connectivity index (χ0v) is 18.8. The molecule has 0 aromatic carbocycles. The van der Waals surface area contributed by atoms with Gasteiger partial charge in [-0.3, -0.25) is 9.59 Å². The van der Waals surface area contributed by atoms with Crippen molar-refractivity contribution in [2.75, 3.05) is 0 Å². The number of fused-ring (bicyclic) bond motifs is 1. The van der Waals surface area contributed by atoms with Crippen molar-refractivity contribution >= 4 is 11.9 Å². The summed E-state index contributed by atoms with van der Waals surface area (Å²) in [4.78, 5) is 23.3. The number of carboxylic acids is 1. The highest BCUT2D eigenvalue weighted by Gasteiger charge is 2.42. The van der Waals surface area contributed by atoms with Crippen LogP contribution in [-0.4, -0.2) is 56.8 Å². The van der Waals surface area contributed by atoms with Crippen LogP contribution in [0, 0.1) is 23.7 Å². The first-order valence-electron chi connectivity index (χ1n) is 11.5. The molecular formula is C24H38O7. The summed E-state index contributed by atoms with van der Waals surface area (Å²) in [6, 6.07) is 0. The smallest absolute Gasteiger partial charge is 0.308 e. The molecule has 0 heterocycles. The van der Waals surface area contributed by atoms with Gasteiger partial charge in [0.25, 0.3) is 0 Å². The van der Waals surface area contributed by atoms with Crippen LogP contribution in [0.5, 0.6) is 0 Å². The number of rotatable bonds is 11. The zero-order valence-electron chi connectivity index (χ0n) is 18.8. The highest BCUT2D eigenvalue weighted by molar-refractivity contribution is 5.72. The Balaban J connectivity index is 2.09. The van der Waals surface area contributed by atoms with Gasteiger partial charge in [0.05, 0.1) is 30.7 Å². The van der Waals surface area contributed by atoms with Gasteiger partial charge in [-0.2, -0.15) is 0 Å². The van der Waals surface area contributed by atoms with Crippen LogP contribution in [0.15, 0.2) is 23.8 Å². The molecule has 0 aliphatic heterocycles. The van der Waals surface area contributed by atoms with Crippen molar-refractivity contribution in [3.8, 4) is 0 Å². The van der Waals surface area contributed by atoms with E-state index in [4.69, 9.17) is 9.84 Å². The number of hydrogen-bond donors (Lipinski definition) is 4. The Kier molecular flexibility index (Phi) is 9.72. The third-order valence-electron chi connectivity index (χ3n) is 6.55. The fourth-order valence-corrected chi connectivity index (χ4v) is 4.90. The van der Waals surface area contributed by atoms with E-state index in [1.165, 1.54) is 0 Å². The summed E-state index contributed by atoms with van der Waals surface area (Å²) in [6.07, 6.45) is 5.62. The van der Waals surface area contributed by atoms with E-state index in [0.29, 0.717) is 19.3 Å². The van der Waals surface area contributed by atoms with E-state index < -0.39 is 30.4 Å². The standard InChI is InChI=1S/C24H38O7/c1-4-5-15(3)24(30)31-21-12-18(26)10-16-7-6-14(2)20(23(16)21)9-8-17(25)11-19(27)13-22(28)29/h6-7,10,14-15,17-21,23,25-27H,4-5,8-9,11-13H2,1-3H3,(H,28,29). The van der Waals surface area contributed by atoms with E-state index in [0.717, 1.165) is 18.4 Å². The number of hydrogen-bond acceptors (Lipinski definition) is 6. The predicted molar refractivity (Wildman–Crippen MR) is 116 cm³/mol. The molecule has 0 bridgehead atoms. The number of carbonyl (C=O) groups excluding carboxylic acids is 1. The minimum atomic E-state index is -1.09. The van der Waals surface area contributed by atoms with Crippen molar-refractivity contribution in [3.05, 3.63) is 23.8 Å². The van der Waals surface area contributed by atoms with Crippen molar-refractivity contribution in [1.82, 2.24) is 0 Å². The molecular weight excluding hydrogens is 400 g/mol. The first-order valence-corrected chi connectivity index (χ1v) is 11.5. The van der Waals surface area contributed by atoms with Crippen LogP contribution < -0.4 is 0 Å². The molecule has 176 valence electrons. The number of ether oxygens (including phenoxy) is 1. The average molecular weight is 439 g/mol. The van der Waals surface area contributed by atoms with E-state index in [1.807, 2.05) is 26.0 Å². The molecule has 7 heteroatoms. The van der Waals surface area contributed by atoms with Crippen molar-refractivity contribution in [3.63, 3.8) is 0 Å². The summed E-state index contributed by atoms with van der Waals surface area (Å²) in [5.74, 6) is -1.28. The summed E-state index contributed by atoms with van der Waals surface area (Å²) < 4.78 is 5.90. The molecule has 8 unspecified atom stereocenters. The number of aliphatic carboxylic acids is 1. The van der Waals surface area contributed by atoms with Gasteiger partial charge in [0.1, 0.15) is 6.10 Å². The van der Waals surface area contributed by atoms with Gasteiger partial charge in [-0.05, 0) is 43.1 Å². The Morgan fingerprint density at radius 3 is 2.58 bits per heavy atom. The third-order valence-corrected chi connectivity index (χ3v) is 6.55. The molecule has 0 aromatic rings. The maximum absolute atomic E-state index is 12.6. The summed E-state index contributed by atoms with van der Waals surface area (Å²) in [5.41, 5.74) is 0.961. The maximum Gasteiger partial charge on any atom is 0.308 e. The second kappa shape index (κ2) is 11.8. The van der Waals surface area contributed by atoms with E-state index >= 15 is 0 Å². The SMILES string of the molecule is CCCC(C)C(=O)OC1CC(O)C=C2C=CC(C)C(CCC(O)CC(O)CC(=O)O)C21. The lowest BCUT2D eigenvalue weighted by atomic mass is 9.66. The van der Waals surface area contributed by atoms with Crippen LogP contribution >= 0.6 is 0 Å². The van der Waals surface area contributed by atoms with Gasteiger partial charge in [-0.15, -0.1) is 0 Å². The lowest BCUT2D eigenvalue weighted by Crippen LogP contribution is -2.43. The summed E-state index contributed by atoms with van der Waals surface area (Å²) in [6.45, 7) is 5.98. The van der Waals surface area contributed by atoms with Gasteiger partial charge < -0.3 is 25.2 Å². The predicted octanol–water partition coefficient (Wildman–Crippen LogP) is 2.83. The molecule has 2 aliphatic carbocycles. The molecule has 0 saturated heterocycles. The number of aliphatic hydroxyl groups is 3. The molecule has 2 aliphatic rings. The molecule has 31 heavy (non-hydrogen) atoms. The van der Waals surface area contributed by atoms with Crippen LogP contribution in [0.25, 0.3) is 0 Å². The van der Waals surface area contributed by atoms with Gasteiger partial charge in [0.15, 0.2) is 0 Å². The first-order chi connectivity index (χ1) is 14.6. The monoisotopic (exact) mass is 438 g/mol. The van der Waals surface area contributed by atoms with Gasteiger partial charge in [0, 0.05) is 12.3 Å². The fraction of sp³-hybridized carbons (Fsp3) is 0.750. The van der Waals surface area contributed by atoms with Gasteiger partial charge in [0.2, 0.25) is 0 Å². The summed E-state index contributed by atoms with van der Waals surface area (Å²) in [5, 5.41) is 39.2. The van der Waals surface area contributed by atoms with Crippen LogP contribution in [-0.2, 0) is 14.3 Å². The lowest BCUT2D eigenvalue weighted by Gasteiger charge is -2.43. The fourth-order valence-electron chi connectivity index (χ4n) is 4.90. The minimum absolute atomic E-state index is 0.0161. The summed E-state index contributed by atoms with van der Waals surface area (Å²) >= 11 is 0. The van der Waals surface area contributed by atoms with Crippen molar-refractivity contribution in [1.29, 1.82) is 0 Å². The van der Waals surface area contributed by atoms with Crippen LogP contribution in [0.3, 0.4) is 0 Å². The summed E-state index contributed by atoms with van der Waals surface area (Å²) in [7, 11) is 0. The molecule has 0 saturated carbocycles. The molecule has 0 fully saturated rings. The Labute approximate surface area is 184 Å². The van der Waals surface area contributed by atoms with Gasteiger partial charge >= 0.3 is 11.9 Å². The topological polar surface area (TPSA) is 124 Å². The van der Waals surface area contributed by atoms with E-state index in [2.05, 4.69) is 13.0 Å². The highest BCUT2D eigenvalue weighted by atomic mass is 16.5. The van der Waals surface area contributed by atoms with E-state index in [-0.39, 0.29) is 42.5 Å². The van der Waals surface area contributed by atoms with Crippen LogP contribution in [0.1, 0.15) is 65.7 Å². The Morgan fingerprint density at radius 2 is 1.94 bits per heavy atom. The number of aliphatic hydroxyl groups excluding tert-OH is 3. The quantitative estimate of drug-likeness (QED) is 0.366.